The summed E-state index contributed by atoms with van der Waals surface area (Å²) in [5, 5.41) is 10.1. The fraction of sp³-hybridized carbons (Fsp3) is 0.273. The van der Waals surface area contributed by atoms with Crippen LogP contribution < -0.4 is 5.32 Å². The quantitative estimate of drug-likeness (QED) is 0.866. The zero-order chi connectivity index (χ0) is 13.1. The Labute approximate surface area is 100.0 Å². The Kier molecular flexibility index (Phi) is 3.86. The summed E-state index contributed by atoms with van der Waals surface area (Å²) >= 11 is 0. The number of nitrogens with one attached hydrogen (secondary N) is 1. The van der Waals surface area contributed by atoms with E-state index in [9.17, 15) is 13.2 Å². The van der Waals surface area contributed by atoms with E-state index >= 15 is 0 Å². The van der Waals surface area contributed by atoms with E-state index in [0.29, 0.717) is 11.3 Å². The van der Waals surface area contributed by atoms with Crippen LogP contribution in [0.5, 0.6) is 0 Å². The molecule has 0 saturated carbocycles. The molecule has 0 fully saturated rings. The number of nitrogens with zero attached hydrogens (tertiary/aromatic N) is 1. The molecule has 0 aliphatic rings. The molecule has 90 valence electrons. The summed E-state index contributed by atoms with van der Waals surface area (Å²) in [5.41, 5.74) is 0.608. The van der Waals surface area contributed by atoms with Crippen LogP contribution in [-0.2, 0) is 14.6 Å². The highest BCUT2D eigenvalue weighted by atomic mass is 32.2. The number of nitriles is 1. The predicted molar refractivity (Wildman–Crippen MR) is 64.1 cm³/mol. The molecule has 1 N–H and O–H groups in total. The number of benzene rings is 1. The molecular weight excluding hydrogens is 240 g/mol. The van der Waals surface area contributed by atoms with Gasteiger partial charge in [-0.3, -0.25) is 4.79 Å². The average Bonchev–Trinajstić information content (AvgIpc) is 2.27. The largest absolute Gasteiger partial charge is 0.324 e. The van der Waals surface area contributed by atoms with Crippen LogP contribution in [0.1, 0.15) is 12.5 Å². The molecule has 1 unspecified atom stereocenters. The van der Waals surface area contributed by atoms with E-state index in [1.165, 1.54) is 6.92 Å². The highest BCUT2D eigenvalue weighted by Crippen LogP contribution is 2.14. The van der Waals surface area contributed by atoms with Gasteiger partial charge in [0.25, 0.3) is 0 Å². The van der Waals surface area contributed by atoms with Gasteiger partial charge in [-0.2, -0.15) is 5.26 Å². The molecule has 17 heavy (non-hydrogen) atoms. The van der Waals surface area contributed by atoms with Gasteiger partial charge in [0, 0.05) is 6.26 Å². The Balaban J connectivity index is 2.94. The number of sulfone groups is 1. The summed E-state index contributed by atoms with van der Waals surface area (Å²) in [6.07, 6.45) is 0.993. The topological polar surface area (TPSA) is 87.0 Å². The van der Waals surface area contributed by atoms with Gasteiger partial charge in [0.2, 0.25) is 5.91 Å². The lowest BCUT2D eigenvalue weighted by molar-refractivity contribution is -0.115. The van der Waals surface area contributed by atoms with Crippen LogP contribution in [0.15, 0.2) is 24.3 Å². The smallest absolute Gasteiger partial charge is 0.242 e. The van der Waals surface area contributed by atoms with Crippen molar-refractivity contribution in [3.8, 4) is 6.07 Å². The third-order valence-corrected chi connectivity index (χ3v) is 3.82. The number of hydrogen-bond donors (Lipinski definition) is 1. The van der Waals surface area contributed by atoms with Gasteiger partial charge in [-0.1, -0.05) is 12.1 Å². The van der Waals surface area contributed by atoms with Gasteiger partial charge >= 0.3 is 0 Å². The van der Waals surface area contributed by atoms with Gasteiger partial charge in [0.15, 0.2) is 9.84 Å². The standard InChI is InChI=1S/C11H12N2O3S/c1-8(17(2,15)16)11(14)13-10-6-4-3-5-9(10)7-12/h3-6,8H,1-2H3,(H,13,14). The van der Waals surface area contributed by atoms with E-state index in [1.54, 1.807) is 24.3 Å². The van der Waals surface area contributed by atoms with Crippen LogP contribution in [0.3, 0.4) is 0 Å². The number of amides is 1. The lowest BCUT2D eigenvalue weighted by atomic mass is 10.2. The fourth-order valence-corrected chi connectivity index (χ4v) is 1.57. The van der Waals surface area contributed by atoms with Crippen molar-refractivity contribution in [3.63, 3.8) is 0 Å². The molecule has 0 heterocycles. The third-order valence-electron chi connectivity index (χ3n) is 2.32. The molecule has 0 saturated heterocycles. The molecule has 1 rings (SSSR count). The average molecular weight is 252 g/mol. The van der Waals surface area contributed by atoms with Crippen molar-refractivity contribution in [3.05, 3.63) is 29.8 Å². The monoisotopic (exact) mass is 252 g/mol. The van der Waals surface area contributed by atoms with E-state index in [2.05, 4.69) is 5.32 Å². The van der Waals surface area contributed by atoms with Crippen molar-refractivity contribution in [1.29, 1.82) is 5.26 Å². The van der Waals surface area contributed by atoms with E-state index in [-0.39, 0.29) is 0 Å². The Morgan fingerprint density at radius 2 is 2.00 bits per heavy atom. The SMILES string of the molecule is CC(C(=O)Nc1ccccc1C#N)S(C)(=O)=O. The summed E-state index contributed by atoms with van der Waals surface area (Å²) in [6.45, 7) is 1.31. The molecule has 5 nitrogen and oxygen atoms in total. The maximum absolute atomic E-state index is 11.6. The summed E-state index contributed by atoms with van der Waals surface area (Å²) in [4.78, 5) is 11.6. The number of hydrogen-bond acceptors (Lipinski definition) is 4. The number of anilines is 1. The van der Waals surface area contributed by atoms with Crippen molar-refractivity contribution in [2.75, 3.05) is 11.6 Å². The van der Waals surface area contributed by atoms with Crippen LogP contribution in [-0.4, -0.2) is 25.8 Å². The molecule has 0 radical (unpaired) electrons. The molecule has 0 bridgehead atoms. The second-order valence-electron chi connectivity index (χ2n) is 3.62. The van der Waals surface area contributed by atoms with Crippen LogP contribution in [0, 0.1) is 11.3 Å². The first-order valence-corrected chi connectivity index (χ1v) is 6.80. The van der Waals surface area contributed by atoms with Crippen molar-refractivity contribution >= 4 is 21.4 Å². The molecule has 1 aromatic carbocycles. The van der Waals surface area contributed by atoms with E-state index < -0.39 is 21.0 Å². The highest BCUT2D eigenvalue weighted by molar-refractivity contribution is 7.92. The third kappa shape index (κ3) is 3.29. The minimum Gasteiger partial charge on any atom is -0.324 e. The molecule has 0 aliphatic carbocycles. The summed E-state index contributed by atoms with van der Waals surface area (Å²) in [5.74, 6) is -0.643. The number of carbonyl (C=O) groups is 1. The van der Waals surface area contributed by atoms with E-state index in [0.717, 1.165) is 6.26 Å². The van der Waals surface area contributed by atoms with Crippen LogP contribution in [0.2, 0.25) is 0 Å². The van der Waals surface area contributed by atoms with Gasteiger partial charge in [-0.05, 0) is 19.1 Å². The van der Waals surface area contributed by atoms with Crippen molar-refractivity contribution < 1.29 is 13.2 Å². The first-order chi connectivity index (χ1) is 7.86. The van der Waals surface area contributed by atoms with Gasteiger partial charge in [-0.25, -0.2) is 8.42 Å². The van der Waals surface area contributed by atoms with Gasteiger partial charge < -0.3 is 5.32 Å². The van der Waals surface area contributed by atoms with E-state index in [1.807, 2.05) is 6.07 Å². The summed E-state index contributed by atoms with van der Waals surface area (Å²) in [7, 11) is -3.44. The van der Waals surface area contributed by atoms with Crippen LogP contribution in [0.25, 0.3) is 0 Å². The van der Waals surface area contributed by atoms with Gasteiger partial charge in [0.1, 0.15) is 11.3 Å². The summed E-state index contributed by atoms with van der Waals surface area (Å²) in [6, 6.07) is 8.32. The lowest BCUT2D eigenvalue weighted by Crippen LogP contribution is -2.32. The Hall–Kier alpha value is -1.87. The van der Waals surface area contributed by atoms with Crippen LogP contribution >= 0.6 is 0 Å². The predicted octanol–water partition coefficient (Wildman–Crippen LogP) is 0.930. The molecule has 1 atom stereocenters. The maximum Gasteiger partial charge on any atom is 0.242 e. The Bertz CT molecular complexity index is 573. The van der Waals surface area contributed by atoms with Crippen molar-refractivity contribution in [2.24, 2.45) is 0 Å². The van der Waals surface area contributed by atoms with Gasteiger partial charge in [0.05, 0.1) is 11.3 Å². The van der Waals surface area contributed by atoms with Gasteiger partial charge in [-0.15, -0.1) is 0 Å². The first-order valence-electron chi connectivity index (χ1n) is 4.85. The number of para-hydroxylation sites is 1. The second-order valence-corrected chi connectivity index (χ2v) is 5.98. The normalized spacial score (nSPS) is 12.5. The van der Waals surface area contributed by atoms with Crippen molar-refractivity contribution in [2.45, 2.75) is 12.2 Å². The highest BCUT2D eigenvalue weighted by Gasteiger charge is 2.23. The molecular formula is C11H12N2O3S. The molecule has 1 amide bonds. The van der Waals surface area contributed by atoms with Crippen LogP contribution in [0.4, 0.5) is 5.69 Å². The fourth-order valence-electron chi connectivity index (χ4n) is 1.12. The molecule has 1 aromatic rings. The van der Waals surface area contributed by atoms with E-state index in [4.69, 9.17) is 5.26 Å². The van der Waals surface area contributed by atoms with Crippen molar-refractivity contribution in [1.82, 2.24) is 0 Å². The maximum atomic E-state index is 11.6. The number of rotatable bonds is 3. The second kappa shape index (κ2) is 4.97. The Morgan fingerprint density at radius 3 is 2.53 bits per heavy atom. The summed E-state index contributed by atoms with van der Waals surface area (Å²) < 4.78 is 22.4. The lowest BCUT2D eigenvalue weighted by Gasteiger charge is -2.11. The molecule has 0 aromatic heterocycles. The zero-order valence-electron chi connectivity index (χ0n) is 9.47. The molecule has 6 heteroatoms. The number of carbonyl (C=O) groups excluding carboxylic acids is 1. The minimum absolute atomic E-state index is 0.293. The first kappa shape index (κ1) is 13.2. The Morgan fingerprint density at radius 1 is 1.41 bits per heavy atom. The molecule has 0 aliphatic heterocycles. The zero-order valence-corrected chi connectivity index (χ0v) is 10.3. The minimum atomic E-state index is -3.44. The molecule has 0 spiro atoms.